The van der Waals surface area contributed by atoms with E-state index in [2.05, 4.69) is 22.0 Å². The Morgan fingerprint density at radius 3 is 2.62 bits per heavy atom. The zero-order valence-corrected chi connectivity index (χ0v) is 11.2. The van der Waals surface area contributed by atoms with E-state index in [1.807, 2.05) is 48.5 Å². The number of H-pyrrole nitrogens is 1. The normalized spacial score (nSPS) is 18.0. The van der Waals surface area contributed by atoms with Gasteiger partial charge in [-0.1, -0.05) is 48.1 Å². The van der Waals surface area contributed by atoms with Gasteiger partial charge in [0, 0.05) is 32.7 Å². The smallest absolute Gasteiger partial charge is 0.136 e. The van der Waals surface area contributed by atoms with Gasteiger partial charge in [0.15, 0.2) is 0 Å². The maximum atomic E-state index is 9.44. The Morgan fingerprint density at radius 2 is 1.76 bits per heavy atom. The molecule has 0 spiro atoms. The van der Waals surface area contributed by atoms with Crippen LogP contribution in [-0.4, -0.2) is 15.9 Å². The number of aromatic nitrogens is 1. The molecule has 102 valence electrons. The Balaban J connectivity index is 2.15. The van der Waals surface area contributed by atoms with Crippen molar-refractivity contribution in [2.75, 3.05) is 5.32 Å². The molecular weight excluding hydrogens is 262 g/mol. The molecule has 0 saturated heterocycles. The number of rotatable bonds is 0. The van der Waals surface area contributed by atoms with Crippen molar-refractivity contribution in [2.24, 2.45) is 5.16 Å². The molecule has 0 amide bonds. The predicted octanol–water partition coefficient (Wildman–Crippen LogP) is 1.99. The number of oxime groups is 1. The average Bonchev–Trinajstić information content (AvgIpc) is 3.02. The van der Waals surface area contributed by atoms with Gasteiger partial charge in [0.05, 0.1) is 5.70 Å². The number of nitrogens with zero attached hydrogens (tertiary/aromatic N) is 1. The Labute approximate surface area is 120 Å². The lowest BCUT2D eigenvalue weighted by Crippen LogP contribution is -2.28. The molecule has 21 heavy (non-hydrogen) atoms. The van der Waals surface area contributed by atoms with Crippen LogP contribution in [0.15, 0.2) is 53.7 Å². The summed E-state index contributed by atoms with van der Waals surface area (Å²) in [7, 11) is 0. The van der Waals surface area contributed by atoms with Crippen molar-refractivity contribution in [3.8, 4) is 0 Å². The Hall–Kier alpha value is -3.01. The van der Waals surface area contributed by atoms with Crippen LogP contribution in [0.3, 0.4) is 0 Å². The first kappa shape index (κ1) is 11.8. The van der Waals surface area contributed by atoms with Gasteiger partial charge >= 0.3 is 0 Å². The molecule has 1 aliphatic rings. The molecule has 0 fully saturated rings. The molecule has 0 saturated carbocycles. The van der Waals surface area contributed by atoms with Crippen molar-refractivity contribution in [1.29, 1.82) is 0 Å². The van der Waals surface area contributed by atoms with E-state index in [4.69, 9.17) is 0 Å². The first-order chi connectivity index (χ1) is 10.3. The van der Waals surface area contributed by atoms with Crippen LogP contribution >= 0.6 is 0 Å². The summed E-state index contributed by atoms with van der Waals surface area (Å²) in [6.45, 7) is 4.08. The molecule has 0 aliphatic carbocycles. The van der Waals surface area contributed by atoms with Gasteiger partial charge in [-0.2, -0.15) is 0 Å². The summed E-state index contributed by atoms with van der Waals surface area (Å²) in [5.41, 5.74) is 4.16. The summed E-state index contributed by atoms with van der Waals surface area (Å²) >= 11 is 0. The Bertz CT molecular complexity index is 998. The predicted molar refractivity (Wildman–Crippen MR) is 84.9 cm³/mol. The van der Waals surface area contributed by atoms with Gasteiger partial charge in [-0.3, -0.25) is 0 Å². The number of aromatic amines is 1. The average molecular weight is 275 g/mol. The van der Waals surface area contributed by atoms with Crippen LogP contribution in [0, 0.1) is 0 Å². The highest BCUT2D eigenvalue weighted by Gasteiger charge is 2.24. The van der Waals surface area contributed by atoms with Crippen molar-refractivity contribution in [3.05, 3.63) is 64.7 Å². The summed E-state index contributed by atoms with van der Waals surface area (Å²) in [5, 5.41) is 19.1. The maximum Gasteiger partial charge on any atom is 0.136 e. The summed E-state index contributed by atoms with van der Waals surface area (Å²) in [5.74, 6) is 0. The standard InChI is InChI=1S/C17H13N3O/c1-10-15(11-6-2-4-8-13(11)18-10)17-16(20-21)12-7-3-5-9-14(12)19-17/h2-9,18-19,21H,1H2/b17-15+,20-16+. The van der Waals surface area contributed by atoms with Crippen molar-refractivity contribution in [2.45, 2.75) is 0 Å². The third-order valence-corrected chi connectivity index (χ3v) is 3.81. The van der Waals surface area contributed by atoms with Gasteiger partial charge in [0.2, 0.25) is 0 Å². The fraction of sp³-hybridized carbons (Fsp3) is 0. The molecule has 1 aliphatic heterocycles. The van der Waals surface area contributed by atoms with Gasteiger partial charge in [-0.15, -0.1) is 0 Å². The second kappa shape index (κ2) is 4.24. The van der Waals surface area contributed by atoms with E-state index in [0.717, 1.165) is 38.4 Å². The maximum absolute atomic E-state index is 9.44. The number of benzene rings is 2. The molecule has 3 aromatic rings. The van der Waals surface area contributed by atoms with E-state index >= 15 is 0 Å². The van der Waals surface area contributed by atoms with Gasteiger partial charge in [-0.25, -0.2) is 0 Å². The van der Waals surface area contributed by atoms with Crippen LogP contribution in [0.5, 0.6) is 0 Å². The van der Waals surface area contributed by atoms with Crippen molar-refractivity contribution < 1.29 is 5.21 Å². The third-order valence-electron chi connectivity index (χ3n) is 3.81. The highest BCUT2D eigenvalue weighted by molar-refractivity contribution is 6.36. The van der Waals surface area contributed by atoms with Crippen LogP contribution in [0.1, 0.15) is 5.56 Å². The fourth-order valence-corrected chi connectivity index (χ4v) is 2.90. The number of fused-ring (bicyclic) bond motifs is 2. The van der Waals surface area contributed by atoms with Crippen molar-refractivity contribution in [1.82, 2.24) is 4.98 Å². The minimum atomic E-state index is 0.542. The Kier molecular flexibility index (Phi) is 2.38. The molecule has 1 aromatic heterocycles. The van der Waals surface area contributed by atoms with E-state index in [1.165, 1.54) is 0 Å². The topological polar surface area (TPSA) is 60.4 Å². The van der Waals surface area contributed by atoms with Crippen LogP contribution in [0.2, 0.25) is 0 Å². The number of hydrogen-bond acceptors (Lipinski definition) is 3. The first-order valence-electron chi connectivity index (χ1n) is 6.68. The van der Waals surface area contributed by atoms with Crippen molar-refractivity contribution in [3.63, 3.8) is 0 Å². The van der Waals surface area contributed by atoms with E-state index in [9.17, 15) is 5.21 Å². The summed E-state index contributed by atoms with van der Waals surface area (Å²) in [6.07, 6.45) is 0. The highest BCUT2D eigenvalue weighted by atomic mass is 16.4. The van der Waals surface area contributed by atoms with E-state index < -0.39 is 0 Å². The summed E-state index contributed by atoms with van der Waals surface area (Å²) in [4.78, 5) is 3.27. The van der Waals surface area contributed by atoms with Crippen LogP contribution in [-0.2, 0) is 0 Å². The molecule has 3 N–H and O–H groups in total. The van der Waals surface area contributed by atoms with Crippen LogP contribution < -0.4 is 15.9 Å². The second-order valence-corrected chi connectivity index (χ2v) is 5.02. The fourth-order valence-electron chi connectivity index (χ4n) is 2.90. The molecule has 2 aromatic carbocycles. The third kappa shape index (κ3) is 1.59. The van der Waals surface area contributed by atoms with Gasteiger partial charge in [0.1, 0.15) is 5.71 Å². The molecular formula is C17H13N3O. The van der Waals surface area contributed by atoms with E-state index in [-0.39, 0.29) is 0 Å². The number of anilines is 1. The molecule has 0 unspecified atom stereocenters. The van der Waals surface area contributed by atoms with Gasteiger partial charge in [-0.05, 0) is 12.1 Å². The molecule has 0 atom stereocenters. The summed E-state index contributed by atoms with van der Waals surface area (Å²) in [6, 6.07) is 15.8. The second-order valence-electron chi connectivity index (χ2n) is 5.02. The largest absolute Gasteiger partial charge is 0.410 e. The zero-order chi connectivity index (χ0) is 14.4. The lowest BCUT2D eigenvalue weighted by molar-refractivity contribution is 0.320. The molecule has 2 heterocycles. The van der Waals surface area contributed by atoms with Crippen molar-refractivity contribution >= 4 is 34.6 Å². The van der Waals surface area contributed by atoms with E-state index in [0.29, 0.717) is 5.71 Å². The molecule has 0 bridgehead atoms. The van der Waals surface area contributed by atoms with Crippen LogP contribution in [0.4, 0.5) is 5.69 Å². The molecule has 4 heteroatoms. The van der Waals surface area contributed by atoms with E-state index in [1.54, 1.807) is 0 Å². The minimum absolute atomic E-state index is 0.542. The molecule has 4 nitrogen and oxygen atoms in total. The lowest BCUT2D eigenvalue weighted by atomic mass is 10.1. The monoisotopic (exact) mass is 275 g/mol. The zero-order valence-electron chi connectivity index (χ0n) is 11.2. The number of hydrogen-bond donors (Lipinski definition) is 3. The number of para-hydroxylation sites is 2. The Morgan fingerprint density at radius 1 is 1.00 bits per heavy atom. The SMILES string of the molecule is C=c1[nH]c2ccccc2/c1=C1/Nc2ccccc2/C1=N\O. The summed E-state index contributed by atoms with van der Waals surface area (Å²) < 4.78 is 0. The quantitative estimate of drug-likeness (QED) is 0.434. The number of nitrogens with one attached hydrogen (secondary N) is 2. The van der Waals surface area contributed by atoms with Gasteiger partial charge in [0.25, 0.3) is 0 Å². The first-order valence-corrected chi connectivity index (χ1v) is 6.68. The van der Waals surface area contributed by atoms with Crippen LogP contribution in [0.25, 0.3) is 23.2 Å². The van der Waals surface area contributed by atoms with Gasteiger partial charge < -0.3 is 15.5 Å². The highest BCUT2D eigenvalue weighted by Crippen LogP contribution is 2.28. The lowest BCUT2D eigenvalue weighted by Gasteiger charge is -1.99. The molecule has 4 rings (SSSR count). The molecule has 0 radical (unpaired) electrons. The minimum Gasteiger partial charge on any atom is -0.410 e.